The summed E-state index contributed by atoms with van der Waals surface area (Å²) >= 11 is 1.54. The fourth-order valence-electron chi connectivity index (χ4n) is 1.17. The van der Waals surface area contributed by atoms with Gasteiger partial charge in [0.05, 0.1) is 11.9 Å². The third-order valence-corrected chi connectivity index (χ3v) is 2.36. The minimum absolute atomic E-state index is 0.793. The SMILES string of the molecule is CSc1nc(C)cc(-c2cn[nH]c2)n1. The number of aromatic nitrogens is 4. The van der Waals surface area contributed by atoms with Crippen LogP contribution in [0.3, 0.4) is 0 Å². The van der Waals surface area contributed by atoms with E-state index in [2.05, 4.69) is 20.2 Å². The third kappa shape index (κ3) is 1.77. The zero-order valence-electron chi connectivity index (χ0n) is 7.98. The van der Waals surface area contributed by atoms with Gasteiger partial charge in [0.1, 0.15) is 0 Å². The number of aryl methyl sites for hydroxylation is 1. The van der Waals surface area contributed by atoms with Gasteiger partial charge in [-0.05, 0) is 19.2 Å². The summed E-state index contributed by atoms with van der Waals surface area (Å²) in [5.41, 5.74) is 2.88. The first-order chi connectivity index (χ1) is 6.79. The first-order valence-corrected chi connectivity index (χ1v) is 5.41. The van der Waals surface area contributed by atoms with Crippen LogP contribution in [0.5, 0.6) is 0 Å². The van der Waals surface area contributed by atoms with E-state index in [1.165, 1.54) is 0 Å². The minimum Gasteiger partial charge on any atom is -0.285 e. The van der Waals surface area contributed by atoms with Crippen LogP contribution < -0.4 is 0 Å². The summed E-state index contributed by atoms with van der Waals surface area (Å²) in [5, 5.41) is 7.45. The molecule has 0 radical (unpaired) electrons. The Morgan fingerprint density at radius 3 is 2.86 bits per heavy atom. The number of hydrogen-bond donors (Lipinski definition) is 1. The number of H-pyrrole nitrogens is 1. The Hall–Kier alpha value is -1.36. The predicted octanol–water partition coefficient (Wildman–Crippen LogP) is 1.90. The Balaban J connectivity index is 2.48. The summed E-state index contributed by atoms with van der Waals surface area (Å²) in [5.74, 6) is 0. The highest BCUT2D eigenvalue weighted by atomic mass is 32.2. The lowest BCUT2D eigenvalue weighted by Crippen LogP contribution is -1.91. The number of thioether (sulfide) groups is 1. The van der Waals surface area contributed by atoms with Gasteiger partial charge in [0.25, 0.3) is 0 Å². The molecule has 0 atom stereocenters. The zero-order chi connectivity index (χ0) is 9.97. The Morgan fingerprint density at radius 1 is 1.36 bits per heavy atom. The summed E-state index contributed by atoms with van der Waals surface area (Å²) in [7, 11) is 0. The Morgan fingerprint density at radius 2 is 2.21 bits per heavy atom. The fourth-order valence-corrected chi connectivity index (χ4v) is 1.60. The van der Waals surface area contributed by atoms with Crippen LogP contribution in [-0.2, 0) is 0 Å². The van der Waals surface area contributed by atoms with Crippen molar-refractivity contribution in [3.63, 3.8) is 0 Å². The van der Waals surface area contributed by atoms with Gasteiger partial charge in [0.2, 0.25) is 0 Å². The van der Waals surface area contributed by atoms with E-state index < -0.39 is 0 Å². The largest absolute Gasteiger partial charge is 0.285 e. The number of hydrogen-bond acceptors (Lipinski definition) is 4. The lowest BCUT2D eigenvalue weighted by Gasteiger charge is -2.01. The van der Waals surface area contributed by atoms with Crippen molar-refractivity contribution in [1.29, 1.82) is 0 Å². The van der Waals surface area contributed by atoms with Gasteiger partial charge < -0.3 is 0 Å². The van der Waals surface area contributed by atoms with Gasteiger partial charge in [-0.15, -0.1) is 0 Å². The zero-order valence-corrected chi connectivity index (χ0v) is 8.80. The topological polar surface area (TPSA) is 54.5 Å². The monoisotopic (exact) mass is 206 g/mol. The van der Waals surface area contributed by atoms with Crippen molar-refractivity contribution in [2.45, 2.75) is 12.1 Å². The molecule has 2 aromatic rings. The number of nitrogens with one attached hydrogen (secondary N) is 1. The number of nitrogens with zero attached hydrogens (tertiary/aromatic N) is 3. The number of aromatic amines is 1. The summed E-state index contributed by atoms with van der Waals surface area (Å²) < 4.78 is 0. The molecule has 0 unspecified atom stereocenters. The van der Waals surface area contributed by atoms with Gasteiger partial charge >= 0.3 is 0 Å². The molecule has 72 valence electrons. The highest BCUT2D eigenvalue weighted by Gasteiger charge is 2.04. The van der Waals surface area contributed by atoms with Gasteiger partial charge in [-0.25, -0.2) is 9.97 Å². The summed E-state index contributed by atoms with van der Waals surface area (Å²) in [6, 6.07) is 1.95. The molecule has 14 heavy (non-hydrogen) atoms. The molecule has 0 fully saturated rings. The molecular formula is C9H10N4S. The molecule has 0 aliphatic heterocycles. The lowest BCUT2D eigenvalue weighted by atomic mass is 10.2. The average molecular weight is 206 g/mol. The second-order valence-electron chi connectivity index (χ2n) is 2.87. The highest BCUT2D eigenvalue weighted by molar-refractivity contribution is 7.98. The Labute approximate surface area is 86.2 Å². The Kier molecular flexibility index (Phi) is 2.49. The molecule has 0 aliphatic carbocycles. The first-order valence-electron chi connectivity index (χ1n) is 4.18. The van der Waals surface area contributed by atoms with Crippen LogP contribution in [0.15, 0.2) is 23.6 Å². The van der Waals surface area contributed by atoms with Crippen LogP contribution in [-0.4, -0.2) is 26.4 Å². The fraction of sp³-hybridized carbons (Fsp3) is 0.222. The smallest absolute Gasteiger partial charge is 0.188 e. The van der Waals surface area contributed by atoms with E-state index in [9.17, 15) is 0 Å². The van der Waals surface area contributed by atoms with Crippen LogP contribution in [0, 0.1) is 6.92 Å². The predicted molar refractivity (Wildman–Crippen MR) is 56.1 cm³/mol. The molecule has 0 amide bonds. The lowest BCUT2D eigenvalue weighted by molar-refractivity contribution is 0.941. The van der Waals surface area contributed by atoms with Crippen LogP contribution in [0.25, 0.3) is 11.3 Å². The van der Waals surface area contributed by atoms with Crippen LogP contribution in [0.2, 0.25) is 0 Å². The normalized spacial score (nSPS) is 10.4. The number of rotatable bonds is 2. The minimum atomic E-state index is 0.793. The van der Waals surface area contributed by atoms with E-state index in [0.717, 1.165) is 22.1 Å². The van der Waals surface area contributed by atoms with Crippen molar-refractivity contribution in [1.82, 2.24) is 20.2 Å². The molecule has 0 saturated heterocycles. The third-order valence-electron chi connectivity index (χ3n) is 1.81. The molecule has 1 N–H and O–H groups in total. The van der Waals surface area contributed by atoms with E-state index in [4.69, 9.17) is 0 Å². The summed E-state index contributed by atoms with van der Waals surface area (Å²) in [6.07, 6.45) is 5.55. The molecule has 2 rings (SSSR count). The molecule has 0 aromatic carbocycles. The van der Waals surface area contributed by atoms with Gasteiger partial charge in [-0.3, -0.25) is 5.10 Å². The van der Waals surface area contributed by atoms with E-state index in [-0.39, 0.29) is 0 Å². The van der Waals surface area contributed by atoms with Crippen LogP contribution in [0.1, 0.15) is 5.69 Å². The molecular weight excluding hydrogens is 196 g/mol. The van der Waals surface area contributed by atoms with E-state index in [0.29, 0.717) is 0 Å². The van der Waals surface area contributed by atoms with E-state index >= 15 is 0 Å². The second kappa shape index (κ2) is 3.79. The standard InChI is InChI=1S/C9H10N4S/c1-6-3-8(7-4-10-11-5-7)13-9(12-6)14-2/h3-5H,1-2H3,(H,10,11). The average Bonchev–Trinajstić information content (AvgIpc) is 2.69. The maximum absolute atomic E-state index is 4.39. The van der Waals surface area contributed by atoms with Crippen molar-refractivity contribution in [3.05, 3.63) is 24.2 Å². The van der Waals surface area contributed by atoms with Crippen molar-refractivity contribution >= 4 is 11.8 Å². The highest BCUT2D eigenvalue weighted by Crippen LogP contribution is 2.18. The first kappa shape index (κ1) is 9.21. The summed E-state index contributed by atoms with van der Waals surface area (Å²) in [4.78, 5) is 8.67. The van der Waals surface area contributed by atoms with Crippen molar-refractivity contribution in [2.75, 3.05) is 6.26 Å². The molecule has 4 nitrogen and oxygen atoms in total. The van der Waals surface area contributed by atoms with Gasteiger partial charge in [0.15, 0.2) is 5.16 Å². The summed E-state index contributed by atoms with van der Waals surface area (Å²) in [6.45, 7) is 1.96. The second-order valence-corrected chi connectivity index (χ2v) is 3.64. The molecule has 0 saturated carbocycles. The molecule has 0 spiro atoms. The molecule has 0 aliphatic rings. The van der Waals surface area contributed by atoms with Crippen LogP contribution >= 0.6 is 11.8 Å². The maximum Gasteiger partial charge on any atom is 0.188 e. The van der Waals surface area contributed by atoms with Crippen LogP contribution in [0.4, 0.5) is 0 Å². The van der Waals surface area contributed by atoms with E-state index in [1.54, 1.807) is 18.0 Å². The van der Waals surface area contributed by atoms with Crippen molar-refractivity contribution in [2.24, 2.45) is 0 Å². The molecule has 2 aromatic heterocycles. The Bertz CT molecular complexity index is 424. The van der Waals surface area contributed by atoms with Gasteiger partial charge in [-0.1, -0.05) is 11.8 Å². The maximum atomic E-state index is 4.39. The molecule has 0 bridgehead atoms. The molecule has 5 heteroatoms. The van der Waals surface area contributed by atoms with E-state index in [1.807, 2.05) is 25.4 Å². The van der Waals surface area contributed by atoms with Crippen molar-refractivity contribution in [3.8, 4) is 11.3 Å². The molecule has 2 heterocycles. The van der Waals surface area contributed by atoms with Gasteiger partial charge in [0, 0.05) is 17.5 Å². The van der Waals surface area contributed by atoms with Crippen molar-refractivity contribution < 1.29 is 0 Å². The quantitative estimate of drug-likeness (QED) is 0.602. The van der Waals surface area contributed by atoms with Gasteiger partial charge in [-0.2, -0.15) is 5.10 Å².